The first-order chi connectivity index (χ1) is 10.1. The maximum Gasteiger partial charge on any atom is 0.225 e. The summed E-state index contributed by atoms with van der Waals surface area (Å²) < 4.78 is 0. The molecular formula is C14H21N5O2. The van der Waals surface area contributed by atoms with Crippen LogP contribution in [0.3, 0.4) is 0 Å². The van der Waals surface area contributed by atoms with Gasteiger partial charge in [-0.1, -0.05) is 0 Å². The van der Waals surface area contributed by atoms with Crippen LogP contribution in [0.2, 0.25) is 0 Å². The molecule has 0 aromatic carbocycles. The Morgan fingerprint density at radius 1 is 1.00 bits per heavy atom. The van der Waals surface area contributed by atoms with E-state index in [9.17, 15) is 9.59 Å². The molecule has 7 nitrogen and oxygen atoms in total. The molecule has 3 heterocycles. The van der Waals surface area contributed by atoms with Crippen LogP contribution in [0.25, 0.3) is 0 Å². The third kappa shape index (κ3) is 2.91. The van der Waals surface area contributed by atoms with E-state index in [-0.39, 0.29) is 23.8 Å². The van der Waals surface area contributed by atoms with Crippen LogP contribution in [0.15, 0.2) is 12.4 Å². The van der Waals surface area contributed by atoms with E-state index in [2.05, 4.69) is 10.2 Å². The summed E-state index contributed by atoms with van der Waals surface area (Å²) in [5, 5.41) is 8.31. The lowest BCUT2D eigenvalue weighted by atomic mass is 9.95. The number of hydrogen-bond donors (Lipinski definition) is 0. The molecule has 0 N–H and O–H groups in total. The van der Waals surface area contributed by atoms with Crippen molar-refractivity contribution >= 4 is 11.8 Å². The second-order valence-corrected chi connectivity index (χ2v) is 5.86. The first kappa shape index (κ1) is 14.0. The second kappa shape index (κ2) is 5.83. The van der Waals surface area contributed by atoms with E-state index in [1.165, 1.54) is 0 Å². The number of carbonyl (C=O) groups is 2. The minimum Gasteiger partial charge on any atom is -0.343 e. The molecular weight excluding hydrogens is 270 g/mol. The van der Waals surface area contributed by atoms with Gasteiger partial charge in [0.05, 0.1) is 18.4 Å². The number of likely N-dealkylation sites (tertiary alicyclic amines) is 2. The average molecular weight is 291 g/mol. The lowest BCUT2D eigenvalue weighted by molar-refractivity contribution is -0.139. The summed E-state index contributed by atoms with van der Waals surface area (Å²) in [4.78, 5) is 29.3. The van der Waals surface area contributed by atoms with Crippen molar-refractivity contribution in [2.24, 2.45) is 5.92 Å². The van der Waals surface area contributed by atoms with Gasteiger partial charge in [0.2, 0.25) is 11.8 Å². The van der Waals surface area contributed by atoms with E-state index in [0.717, 1.165) is 25.8 Å². The van der Waals surface area contributed by atoms with Crippen molar-refractivity contribution in [1.82, 2.24) is 24.8 Å². The van der Waals surface area contributed by atoms with Crippen molar-refractivity contribution in [3.63, 3.8) is 0 Å². The van der Waals surface area contributed by atoms with Gasteiger partial charge in [-0.15, -0.1) is 0 Å². The summed E-state index contributed by atoms with van der Waals surface area (Å²) >= 11 is 0. The van der Waals surface area contributed by atoms with Crippen molar-refractivity contribution in [3.05, 3.63) is 12.4 Å². The highest BCUT2D eigenvalue weighted by Gasteiger charge is 2.34. The van der Waals surface area contributed by atoms with E-state index in [1.807, 2.05) is 9.80 Å². The molecule has 0 radical (unpaired) electrons. The number of hydrogen-bond acceptors (Lipinski definition) is 4. The van der Waals surface area contributed by atoms with E-state index in [1.54, 1.807) is 24.1 Å². The maximum absolute atomic E-state index is 12.6. The fraction of sp³-hybridized carbons (Fsp3) is 0.714. The van der Waals surface area contributed by atoms with Crippen molar-refractivity contribution in [1.29, 1.82) is 0 Å². The van der Waals surface area contributed by atoms with Crippen molar-refractivity contribution in [2.75, 3.05) is 26.2 Å². The van der Waals surface area contributed by atoms with Gasteiger partial charge in [0, 0.05) is 39.0 Å². The van der Waals surface area contributed by atoms with Crippen LogP contribution in [0.4, 0.5) is 0 Å². The van der Waals surface area contributed by atoms with E-state index in [0.29, 0.717) is 19.6 Å². The minimum absolute atomic E-state index is 0.0601. The van der Waals surface area contributed by atoms with Crippen LogP contribution in [-0.4, -0.2) is 62.8 Å². The monoisotopic (exact) mass is 291 g/mol. The Balaban J connectivity index is 1.54. The quantitative estimate of drug-likeness (QED) is 0.786. The smallest absolute Gasteiger partial charge is 0.225 e. The van der Waals surface area contributed by atoms with Crippen LogP contribution in [0.1, 0.15) is 32.2 Å². The number of carbonyl (C=O) groups excluding carboxylic acids is 2. The fourth-order valence-corrected chi connectivity index (χ4v) is 3.24. The lowest BCUT2D eigenvalue weighted by Gasteiger charge is -2.32. The van der Waals surface area contributed by atoms with Crippen LogP contribution in [0, 0.1) is 5.92 Å². The molecule has 0 unspecified atom stereocenters. The number of amides is 2. The molecule has 0 spiro atoms. The zero-order valence-electron chi connectivity index (χ0n) is 12.3. The molecule has 114 valence electrons. The molecule has 0 aliphatic carbocycles. The molecule has 3 rings (SSSR count). The van der Waals surface area contributed by atoms with Gasteiger partial charge in [0.25, 0.3) is 0 Å². The van der Waals surface area contributed by atoms with Gasteiger partial charge < -0.3 is 9.80 Å². The Morgan fingerprint density at radius 3 is 2.24 bits per heavy atom. The highest BCUT2D eigenvalue weighted by Crippen LogP contribution is 2.25. The second-order valence-electron chi connectivity index (χ2n) is 5.86. The largest absolute Gasteiger partial charge is 0.343 e. The SMILES string of the molecule is CC(=O)N1CCC(C(=O)N2CC[C@H](n3nccn3)C2)CC1. The summed E-state index contributed by atoms with van der Waals surface area (Å²) in [7, 11) is 0. The van der Waals surface area contributed by atoms with Gasteiger partial charge >= 0.3 is 0 Å². The molecule has 1 aromatic rings. The van der Waals surface area contributed by atoms with Crippen LogP contribution < -0.4 is 0 Å². The highest BCUT2D eigenvalue weighted by atomic mass is 16.2. The zero-order valence-corrected chi connectivity index (χ0v) is 12.3. The standard InChI is InChI=1S/C14H21N5O2/c1-11(20)17-7-2-12(3-8-17)14(21)18-9-4-13(10-18)19-15-5-6-16-19/h5-6,12-13H,2-4,7-10H2,1H3/t13-/m0/s1. The summed E-state index contributed by atoms with van der Waals surface area (Å²) in [5.41, 5.74) is 0. The molecule has 7 heteroatoms. The third-order valence-corrected chi connectivity index (χ3v) is 4.53. The van der Waals surface area contributed by atoms with Gasteiger partial charge in [0.1, 0.15) is 0 Å². The van der Waals surface area contributed by atoms with Crippen molar-refractivity contribution < 1.29 is 9.59 Å². The minimum atomic E-state index is 0.0601. The Bertz CT molecular complexity index is 507. The molecule has 0 saturated carbocycles. The van der Waals surface area contributed by atoms with E-state index in [4.69, 9.17) is 0 Å². The molecule has 2 fully saturated rings. The number of piperidine rings is 1. The Hall–Kier alpha value is -1.92. The number of nitrogens with zero attached hydrogens (tertiary/aromatic N) is 5. The zero-order chi connectivity index (χ0) is 14.8. The van der Waals surface area contributed by atoms with Crippen LogP contribution in [-0.2, 0) is 9.59 Å². The predicted molar refractivity (Wildman–Crippen MR) is 75.2 cm³/mol. The normalized spacial score (nSPS) is 23.6. The molecule has 1 aromatic heterocycles. The van der Waals surface area contributed by atoms with Crippen LogP contribution in [0.5, 0.6) is 0 Å². The first-order valence-corrected chi connectivity index (χ1v) is 7.55. The van der Waals surface area contributed by atoms with Gasteiger partial charge in [-0.05, 0) is 19.3 Å². The molecule has 2 saturated heterocycles. The molecule has 1 atom stereocenters. The summed E-state index contributed by atoms with van der Waals surface area (Å²) in [5.74, 6) is 0.393. The first-order valence-electron chi connectivity index (χ1n) is 7.55. The predicted octanol–water partition coefficient (Wildman–Crippen LogP) is 0.310. The number of aromatic nitrogens is 3. The summed E-state index contributed by atoms with van der Waals surface area (Å²) in [6.07, 6.45) is 5.80. The third-order valence-electron chi connectivity index (χ3n) is 4.53. The van der Waals surface area contributed by atoms with Gasteiger partial charge in [-0.3, -0.25) is 9.59 Å². The van der Waals surface area contributed by atoms with Crippen molar-refractivity contribution in [2.45, 2.75) is 32.2 Å². The van der Waals surface area contributed by atoms with Gasteiger partial charge in [-0.25, -0.2) is 0 Å². The highest BCUT2D eigenvalue weighted by molar-refractivity contribution is 5.80. The van der Waals surface area contributed by atoms with Gasteiger partial charge in [-0.2, -0.15) is 15.0 Å². The van der Waals surface area contributed by atoms with E-state index < -0.39 is 0 Å². The van der Waals surface area contributed by atoms with Gasteiger partial charge in [0.15, 0.2) is 0 Å². The van der Waals surface area contributed by atoms with E-state index >= 15 is 0 Å². The molecule has 0 bridgehead atoms. The molecule has 21 heavy (non-hydrogen) atoms. The Kier molecular flexibility index (Phi) is 3.90. The Labute approximate surface area is 123 Å². The molecule has 2 amide bonds. The van der Waals surface area contributed by atoms with Crippen LogP contribution >= 0.6 is 0 Å². The molecule has 2 aliphatic rings. The topological polar surface area (TPSA) is 71.3 Å². The summed E-state index contributed by atoms with van der Waals surface area (Å²) in [6.45, 7) is 4.45. The average Bonchev–Trinajstić information content (AvgIpc) is 3.17. The van der Waals surface area contributed by atoms with Crippen molar-refractivity contribution in [3.8, 4) is 0 Å². The number of rotatable bonds is 2. The fourth-order valence-electron chi connectivity index (χ4n) is 3.24. The Morgan fingerprint density at radius 2 is 1.62 bits per heavy atom. The lowest BCUT2D eigenvalue weighted by Crippen LogP contribution is -2.43. The maximum atomic E-state index is 12.6. The molecule has 2 aliphatic heterocycles. The summed E-state index contributed by atoms with van der Waals surface area (Å²) in [6, 6.07) is 0.196.